The second kappa shape index (κ2) is 7.07. The summed E-state index contributed by atoms with van der Waals surface area (Å²) in [5.74, 6) is -0.294. The van der Waals surface area contributed by atoms with Crippen molar-refractivity contribution in [3.05, 3.63) is 41.2 Å². The predicted octanol–water partition coefficient (Wildman–Crippen LogP) is 3.01. The van der Waals surface area contributed by atoms with Crippen molar-refractivity contribution < 1.29 is 9.13 Å². The Labute approximate surface area is 124 Å². The van der Waals surface area contributed by atoms with Crippen molar-refractivity contribution in [3.63, 3.8) is 0 Å². The van der Waals surface area contributed by atoms with Crippen molar-refractivity contribution in [2.45, 2.75) is 13.0 Å². The molecule has 1 aromatic carbocycles. The minimum atomic E-state index is -0.420. The van der Waals surface area contributed by atoms with Crippen LogP contribution in [0, 0.1) is 5.82 Å². The molecule has 20 heavy (non-hydrogen) atoms. The molecular formula is C15H20ClFN2O. The van der Waals surface area contributed by atoms with Crippen molar-refractivity contribution >= 4 is 11.6 Å². The molecule has 0 unspecified atom stereocenters. The molecule has 5 heteroatoms. The van der Waals surface area contributed by atoms with Crippen molar-refractivity contribution in [2.24, 2.45) is 0 Å². The van der Waals surface area contributed by atoms with Crippen molar-refractivity contribution in [2.75, 3.05) is 32.8 Å². The minimum Gasteiger partial charge on any atom is -0.489 e. The number of benzene rings is 1. The number of hydrogen-bond donors (Lipinski definition) is 1. The van der Waals surface area contributed by atoms with E-state index >= 15 is 0 Å². The third-order valence-electron chi connectivity index (χ3n) is 3.42. The van der Waals surface area contributed by atoms with Crippen LogP contribution < -0.4 is 10.1 Å². The van der Waals surface area contributed by atoms with Crippen molar-refractivity contribution in [1.82, 2.24) is 10.2 Å². The lowest BCUT2D eigenvalue weighted by Crippen LogP contribution is -2.44. The summed E-state index contributed by atoms with van der Waals surface area (Å²) >= 11 is 6.12. The topological polar surface area (TPSA) is 24.5 Å². The molecule has 1 saturated heterocycles. The van der Waals surface area contributed by atoms with Crippen molar-refractivity contribution in [3.8, 4) is 5.75 Å². The highest BCUT2D eigenvalue weighted by molar-refractivity contribution is 6.32. The van der Waals surface area contributed by atoms with Gasteiger partial charge in [-0.3, -0.25) is 4.90 Å². The molecule has 1 atom stereocenters. The zero-order valence-corrected chi connectivity index (χ0v) is 12.4. The first-order valence-corrected chi connectivity index (χ1v) is 7.24. The Bertz CT molecular complexity index is 452. The van der Waals surface area contributed by atoms with Crippen molar-refractivity contribution in [1.29, 1.82) is 0 Å². The summed E-state index contributed by atoms with van der Waals surface area (Å²) in [5.41, 5.74) is 0.813. The SMILES string of the molecule is C=C[C@H](c1cc(F)c(OCC)c(Cl)c1)N1CCNCC1. The fraction of sp³-hybridized carbons (Fsp3) is 0.467. The molecule has 1 N–H and O–H groups in total. The third kappa shape index (κ3) is 3.32. The van der Waals surface area contributed by atoms with E-state index in [-0.39, 0.29) is 11.8 Å². The van der Waals surface area contributed by atoms with Gasteiger partial charge in [0.25, 0.3) is 0 Å². The smallest absolute Gasteiger partial charge is 0.173 e. The molecule has 1 aliphatic heterocycles. The maximum Gasteiger partial charge on any atom is 0.173 e. The van der Waals surface area contributed by atoms with Crippen LogP contribution >= 0.6 is 11.6 Å². The van der Waals surface area contributed by atoms with Crippen LogP contribution in [0.3, 0.4) is 0 Å². The van der Waals surface area contributed by atoms with Gasteiger partial charge in [0.1, 0.15) is 0 Å². The van der Waals surface area contributed by atoms with Gasteiger partial charge in [-0.05, 0) is 24.6 Å². The lowest BCUT2D eigenvalue weighted by atomic mass is 10.0. The van der Waals surface area contributed by atoms with E-state index in [1.165, 1.54) is 6.07 Å². The quantitative estimate of drug-likeness (QED) is 0.846. The normalized spacial score (nSPS) is 17.8. The van der Waals surface area contributed by atoms with Gasteiger partial charge < -0.3 is 10.1 Å². The van der Waals surface area contributed by atoms with Gasteiger partial charge in [-0.15, -0.1) is 6.58 Å². The van der Waals surface area contributed by atoms with Crippen LogP contribution in [0.2, 0.25) is 5.02 Å². The molecule has 2 rings (SSSR count). The number of hydrogen-bond acceptors (Lipinski definition) is 3. The Balaban J connectivity index is 2.27. The van der Waals surface area contributed by atoms with E-state index in [0.717, 1.165) is 31.7 Å². The Hall–Kier alpha value is -1.10. The highest BCUT2D eigenvalue weighted by atomic mass is 35.5. The molecule has 110 valence electrons. The first-order valence-electron chi connectivity index (χ1n) is 6.86. The Morgan fingerprint density at radius 2 is 2.20 bits per heavy atom. The van der Waals surface area contributed by atoms with Crippen LogP contribution in [-0.2, 0) is 0 Å². The van der Waals surface area contributed by atoms with E-state index in [0.29, 0.717) is 11.6 Å². The van der Waals surface area contributed by atoms with Gasteiger partial charge in [0.2, 0.25) is 0 Å². The highest BCUT2D eigenvalue weighted by Crippen LogP contribution is 2.33. The number of rotatable bonds is 5. The summed E-state index contributed by atoms with van der Waals surface area (Å²) in [6.07, 6.45) is 1.83. The second-order valence-electron chi connectivity index (χ2n) is 4.71. The molecule has 1 fully saturated rings. The Morgan fingerprint density at radius 1 is 1.50 bits per heavy atom. The second-order valence-corrected chi connectivity index (χ2v) is 5.12. The Kier molecular flexibility index (Phi) is 5.40. The summed E-state index contributed by atoms with van der Waals surface area (Å²) in [6.45, 7) is 9.73. The van der Waals surface area contributed by atoms with Crippen LogP contribution in [0.25, 0.3) is 0 Å². The third-order valence-corrected chi connectivity index (χ3v) is 3.70. The molecule has 0 bridgehead atoms. The van der Waals surface area contributed by atoms with E-state index in [4.69, 9.17) is 16.3 Å². The first-order chi connectivity index (χ1) is 9.67. The van der Waals surface area contributed by atoms with Crippen LogP contribution in [0.4, 0.5) is 4.39 Å². The minimum absolute atomic E-state index is 0.0280. The molecule has 0 aromatic heterocycles. The first kappa shape index (κ1) is 15.3. The van der Waals surface area contributed by atoms with E-state index in [2.05, 4.69) is 16.8 Å². The Morgan fingerprint density at radius 3 is 2.75 bits per heavy atom. The van der Waals surface area contributed by atoms with Gasteiger partial charge in [0.15, 0.2) is 11.6 Å². The molecule has 1 aliphatic rings. The highest BCUT2D eigenvalue weighted by Gasteiger charge is 2.22. The molecule has 0 spiro atoms. The van der Waals surface area contributed by atoms with Gasteiger partial charge >= 0.3 is 0 Å². The van der Waals surface area contributed by atoms with Gasteiger partial charge in [0, 0.05) is 26.2 Å². The molecular weight excluding hydrogens is 279 g/mol. The van der Waals surface area contributed by atoms with E-state index < -0.39 is 5.82 Å². The average molecular weight is 299 g/mol. The zero-order chi connectivity index (χ0) is 14.5. The number of nitrogens with zero attached hydrogens (tertiary/aromatic N) is 1. The molecule has 1 aromatic rings. The van der Waals surface area contributed by atoms with Crippen LogP contribution in [0.15, 0.2) is 24.8 Å². The standard InChI is InChI=1S/C15H20ClFN2O/c1-3-14(19-7-5-18-6-8-19)11-9-12(16)15(20-4-2)13(17)10-11/h3,9-10,14,18H,1,4-8H2,2H3/t14-/m1/s1. The molecule has 0 saturated carbocycles. The van der Waals surface area contributed by atoms with Gasteiger partial charge in [-0.2, -0.15) is 0 Å². The molecule has 3 nitrogen and oxygen atoms in total. The summed E-state index contributed by atoms with van der Waals surface area (Å²) in [5, 5.41) is 3.61. The fourth-order valence-corrected chi connectivity index (χ4v) is 2.76. The molecule has 0 radical (unpaired) electrons. The van der Waals surface area contributed by atoms with Gasteiger partial charge in [-0.25, -0.2) is 4.39 Å². The lowest BCUT2D eigenvalue weighted by molar-refractivity contribution is 0.203. The average Bonchev–Trinajstić information content (AvgIpc) is 2.45. The summed E-state index contributed by atoms with van der Waals surface area (Å²) in [7, 11) is 0. The molecule has 0 amide bonds. The number of piperazine rings is 1. The maximum atomic E-state index is 14.1. The van der Waals surface area contributed by atoms with Crippen LogP contribution in [-0.4, -0.2) is 37.7 Å². The van der Waals surface area contributed by atoms with E-state index in [1.54, 1.807) is 13.0 Å². The molecule has 0 aliphatic carbocycles. The van der Waals surface area contributed by atoms with Gasteiger partial charge in [-0.1, -0.05) is 17.7 Å². The number of halogens is 2. The van der Waals surface area contributed by atoms with E-state index in [9.17, 15) is 4.39 Å². The fourth-order valence-electron chi connectivity index (χ4n) is 2.49. The lowest BCUT2D eigenvalue weighted by Gasteiger charge is -2.33. The number of ether oxygens (including phenoxy) is 1. The van der Waals surface area contributed by atoms with Crippen LogP contribution in [0.1, 0.15) is 18.5 Å². The largest absolute Gasteiger partial charge is 0.489 e. The zero-order valence-electron chi connectivity index (χ0n) is 11.7. The molecule has 1 heterocycles. The number of nitrogens with one attached hydrogen (secondary N) is 1. The maximum absolute atomic E-state index is 14.1. The van der Waals surface area contributed by atoms with Crippen LogP contribution in [0.5, 0.6) is 5.75 Å². The summed E-state index contributed by atoms with van der Waals surface area (Å²) in [6, 6.07) is 3.23. The van der Waals surface area contributed by atoms with Gasteiger partial charge in [0.05, 0.1) is 17.7 Å². The predicted molar refractivity (Wildman–Crippen MR) is 80.0 cm³/mol. The monoisotopic (exact) mass is 298 g/mol. The summed E-state index contributed by atoms with van der Waals surface area (Å²) < 4.78 is 19.3. The summed E-state index contributed by atoms with van der Waals surface area (Å²) in [4.78, 5) is 2.26. The van der Waals surface area contributed by atoms with E-state index in [1.807, 2.05) is 6.08 Å².